The van der Waals surface area contributed by atoms with Gasteiger partial charge in [0.2, 0.25) is 5.88 Å². The van der Waals surface area contributed by atoms with Crippen molar-refractivity contribution in [1.29, 1.82) is 0 Å². The Balaban J connectivity index is 0.00000264. The van der Waals surface area contributed by atoms with Gasteiger partial charge in [-0.3, -0.25) is 0 Å². The van der Waals surface area contributed by atoms with Crippen LogP contribution in [0.25, 0.3) is 0 Å². The number of ether oxygens (including phenoxy) is 1. The molecule has 0 radical (unpaired) electrons. The quantitative estimate of drug-likeness (QED) is 0.441. The average molecular weight is 432 g/mol. The smallest absolute Gasteiger partial charge is 0.213 e. The van der Waals surface area contributed by atoms with Crippen molar-refractivity contribution in [2.75, 3.05) is 26.2 Å². The van der Waals surface area contributed by atoms with E-state index in [1.165, 1.54) is 12.8 Å². The van der Waals surface area contributed by atoms with Gasteiger partial charge in [-0.2, -0.15) is 0 Å². The molecule has 0 spiro atoms. The van der Waals surface area contributed by atoms with Gasteiger partial charge in [0.05, 0.1) is 13.2 Å². The normalized spacial score (nSPS) is 16.0. The third-order valence-electron chi connectivity index (χ3n) is 3.92. The second kappa shape index (κ2) is 10.7. The number of guanidine groups is 1. The van der Waals surface area contributed by atoms with Crippen molar-refractivity contribution in [2.45, 2.75) is 40.2 Å². The summed E-state index contributed by atoms with van der Waals surface area (Å²) in [6, 6.07) is 3.96. The highest BCUT2D eigenvalue weighted by molar-refractivity contribution is 14.0. The van der Waals surface area contributed by atoms with Gasteiger partial charge in [0.1, 0.15) is 0 Å². The monoisotopic (exact) mass is 432 g/mol. The number of nitrogens with one attached hydrogen (secondary N) is 1. The van der Waals surface area contributed by atoms with Crippen molar-refractivity contribution in [3.63, 3.8) is 0 Å². The zero-order valence-corrected chi connectivity index (χ0v) is 16.7. The summed E-state index contributed by atoms with van der Waals surface area (Å²) in [7, 11) is 0. The predicted octanol–water partition coefficient (Wildman–Crippen LogP) is 3.30. The molecular weight excluding hydrogens is 403 g/mol. The van der Waals surface area contributed by atoms with Crippen LogP contribution in [-0.2, 0) is 6.54 Å². The Kier molecular flexibility index (Phi) is 9.28. The van der Waals surface area contributed by atoms with Crippen LogP contribution < -0.4 is 10.1 Å². The van der Waals surface area contributed by atoms with E-state index in [-0.39, 0.29) is 24.0 Å². The van der Waals surface area contributed by atoms with E-state index >= 15 is 0 Å². The van der Waals surface area contributed by atoms with Crippen LogP contribution in [0.2, 0.25) is 0 Å². The Hall–Kier alpha value is -1.05. The maximum absolute atomic E-state index is 5.44. The summed E-state index contributed by atoms with van der Waals surface area (Å²) >= 11 is 0. The van der Waals surface area contributed by atoms with Crippen LogP contribution >= 0.6 is 24.0 Å². The summed E-state index contributed by atoms with van der Waals surface area (Å²) in [6.45, 7) is 10.8. The first-order chi connectivity index (χ1) is 10.7. The van der Waals surface area contributed by atoms with Crippen molar-refractivity contribution >= 4 is 29.9 Å². The van der Waals surface area contributed by atoms with Gasteiger partial charge >= 0.3 is 0 Å². The summed E-state index contributed by atoms with van der Waals surface area (Å²) in [5, 5.41) is 3.41. The highest BCUT2D eigenvalue weighted by atomic mass is 127. The number of likely N-dealkylation sites (tertiary alicyclic amines) is 1. The number of nitrogens with zero attached hydrogens (tertiary/aromatic N) is 3. The number of hydrogen-bond acceptors (Lipinski definition) is 3. The van der Waals surface area contributed by atoms with Crippen molar-refractivity contribution in [3.8, 4) is 5.88 Å². The minimum atomic E-state index is 0. The Labute approximate surface area is 156 Å². The lowest BCUT2D eigenvalue weighted by Crippen LogP contribution is -2.45. The lowest BCUT2D eigenvalue weighted by Gasteiger charge is -2.33. The molecule has 0 aliphatic carbocycles. The van der Waals surface area contributed by atoms with Crippen LogP contribution in [0.5, 0.6) is 5.88 Å². The second-order valence-electron chi connectivity index (χ2n) is 5.78. The van der Waals surface area contributed by atoms with E-state index in [1.807, 2.05) is 19.1 Å². The molecule has 0 bridgehead atoms. The van der Waals surface area contributed by atoms with Gasteiger partial charge in [-0.05, 0) is 44.2 Å². The number of rotatable bonds is 5. The van der Waals surface area contributed by atoms with Crippen LogP contribution in [0.1, 0.15) is 39.2 Å². The number of pyridine rings is 1. The third-order valence-corrected chi connectivity index (χ3v) is 3.92. The SMILES string of the molecule is CCNC(=NCc1ccnc(OCC)c1)N1CCC(C)CC1.I. The number of hydrogen-bond donors (Lipinski definition) is 1. The Morgan fingerprint density at radius 1 is 1.39 bits per heavy atom. The molecule has 1 aromatic rings. The van der Waals surface area contributed by atoms with E-state index < -0.39 is 0 Å². The molecule has 23 heavy (non-hydrogen) atoms. The van der Waals surface area contributed by atoms with Crippen molar-refractivity contribution in [3.05, 3.63) is 23.9 Å². The maximum Gasteiger partial charge on any atom is 0.213 e. The molecule has 1 aromatic heterocycles. The van der Waals surface area contributed by atoms with Crippen LogP contribution in [-0.4, -0.2) is 42.1 Å². The number of halogens is 1. The van der Waals surface area contributed by atoms with Crippen LogP contribution in [0.3, 0.4) is 0 Å². The second-order valence-corrected chi connectivity index (χ2v) is 5.78. The van der Waals surface area contributed by atoms with E-state index in [2.05, 4.69) is 29.0 Å². The van der Waals surface area contributed by atoms with E-state index in [0.717, 1.165) is 37.1 Å². The fraction of sp³-hybridized carbons (Fsp3) is 0.647. The summed E-state index contributed by atoms with van der Waals surface area (Å²) in [5.74, 6) is 2.52. The summed E-state index contributed by atoms with van der Waals surface area (Å²) < 4.78 is 5.44. The van der Waals surface area contributed by atoms with E-state index in [9.17, 15) is 0 Å². The molecule has 0 unspecified atom stereocenters. The summed E-state index contributed by atoms with van der Waals surface area (Å²) in [5.41, 5.74) is 1.12. The molecule has 5 nitrogen and oxygen atoms in total. The molecule has 1 saturated heterocycles. The largest absolute Gasteiger partial charge is 0.478 e. The fourth-order valence-corrected chi connectivity index (χ4v) is 2.59. The minimum absolute atomic E-state index is 0. The van der Waals surface area contributed by atoms with Gasteiger partial charge in [-0.25, -0.2) is 9.98 Å². The minimum Gasteiger partial charge on any atom is -0.478 e. The number of aromatic nitrogens is 1. The molecule has 130 valence electrons. The zero-order chi connectivity index (χ0) is 15.8. The van der Waals surface area contributed by atoms with Crippen LogP contribution in [0.15, 0.2) is 23.3 Å². The van der Waals surface area contributed by atoms with Crippen LogP contribution in [0.4, 0.5) is 0 Å². The number of piperidine rings is 1. The zero-order valence-electron chi connectivity index (χ0n) is 14.4. The fourth-order valence-electron chi connectivity index (χ4n) is 2.59. The molecule has 0 amide bonds. The van der Waals surface area contributed by atoms with Gasteiger partial charge in [0.25, 0.3) is 0 Å². The Bertz CT molecular complexity index is 487. The molecule has 1 N–H and O–H groups in total. The lowest BCUT2D eigenvalue weighted by molar-refractivity contribution is 0.273. The van der Waals surface area contributed by atoms with Gasteiger partial charge in [0, 0.05) is 31.9 Å². The summed E-state index contributed by atoms with van der Waals surface area (Å²) in [4.78, 5) is 11.3. The summed E-state index contributed by atoms with van der Waals surface area (Å²) in [6.07, 6.45) is 4.27. The molecule has 2 heterocycles. The van der Waals surface area contributed by atoms with E-state index in [4.69, 9.17) is 9.73 Å². The van der Waals surface area contributed by atoms with Gasteiger partial charge in [-0.1, -0.05) is 6.92 Å². The van der Waals surface area contributed by atoms with E-state index in [1.54, 1.807) is 6.20 Å². The highest BCUT2D eigenvalue weighted by Gasteiger charge is 2.18. The highest BCUT2D eigenvalue weighted by Crippen LogP contribution is 2.16. The van der Waals surface area contributed by atoms with Crippen molar-refractivity contribution in [2.24, 2.45) is 10.9 Å². The van der Waals surface area contributed by atoms with Gasteiger partial charge in [-0.15, -0.1) is 24.0 Å². The molecule has 1 aliphatic rings. The molecule has 1 fully saturated rings. The molecule has 6 heteroatoms. The molecule has 0 atom stereocenters. The van der Waals surface area contributed by atoms with Gasteiger partial charge in [0.15, 0.2) is 5.96 Å². The molecule has 0 saturated carbocycles. The first-order valence-corrected chi connectivity index (χ1v) is 8.34. The average Bonchev–Trinajstić information content (AvgIpc) is 2.53. The lowest BCUT2D eigenvalue weighted by atomic mass is 10.00. The molecular formula is C17H29IN4O. The maximum atomic E-state index is 5.44. The standard InChI is InChI=1S/C17H28N4O.HI/c1-4-18-17(21-10-7-14(3)8-11-21)20-13-15-6-9-19-16(12-15)22-5-2;/h6,9,12,14H,4-5,7-8,10-11,13H2,1-3H3,(H,18,20);1H. The first kappa shape index (κ1) is 20.0. The Morgan fingerprint density at radius 2 is 2.13 bits per heavy atom. The molecule has 1 aliphatic heterocycles. The van der Waals surface area contributed by atoms with Gasteiger partial charge < -0.3 is 15.0 Å². The Morgan fingerprint density at radius 3 is 2.78 bits per heavy atom. The van der Waals surface area contributed by atoms with E-state index in [0.29, 0.717) is 19.0 Å². The number of aliphatic imine (C=N–C) groups is 1. The predicted molar refractivity (Wildman–Crippen MR) is 106 cm³/mol. The molecule has 2 rings (SSSR count). The topological polar surface area (TPSA) is 49.8 Å². The van der Waals surface area contributed by atoms with Crippen molar-refractivity contribution < 1.29 is 4.74 Å². The first-order valence-electron chi connectivity index (χ1n) is 8.34. The molecule has 0 aromatic carbocycles. The van der Waals surface area contributed by atoms with Crippen LogP contribution in [0, 0.1) is 5.92 Å². The third kappa shape index (κ3) is 6.53. The van der Waals surface area contributed by atoms with Crippen molar-refractivity contribution in [1.82, 2.24) is 15.2 Å².